The first-order valence-electron chi connectivity index (χ1n) is 7.12. The minimum atomic E-state index is -0.752. The van der Waals surface area contributed by atoms with E-state index in [0.29, 0.717) is 17.0 Å². The van der Waals surface area contributed by atoms with Crippen molar-refractivity contribution in [3.05, 3.63) is 35.4 Å². The lowest BCUT2D eigenvalue weighted by Gasteiger charge is -2.27. The van der Waals surface area contributed by atoms with Gasteiger partial charge in [-0.15, -0.1) is 6.42 Å². The molecule has 2 rings (SSSR count). The number of amides is 2. The standard InChI is InChI=1S/C17H19N3O2/c1-5-10-18-15(21)13-9-7-6-8-12(13)14-19-16(22)17(4,20-14)11(2)3/h1,6-9,11H,10H2,2-4H3,(H,18,21)(H,19,20,22). The highest BCUT2D eigenvalue weighted by atomic mass is 16.2. The Morgan fingerprint density at radius 3 is 2.73 bits per heavy atom. The van der Waals surface area contributed by atoms with E-state index < -0.39 is 5.54 Å². The van der Waals surface area contributed by atoms with Crippen molar-refractivity contribution >= 4 is 17.6 Å². The molecular formula is C17H19N3O2. The first-order valence-corrected chi connectivity index (χ1v) is 7.12. The number of aliphatic imine (C=N–C) groups is 1. The summed E-state index contributed by atoms with van der Waals surface area (Å²) >= 11 is 0. The minimum Gasteiger partial charge on any atom is -0.355 e. The molecule has 22 heavy (non-hydrogen) atoms. The molecule has 1 atom stereocenters. The number of carbonyl (C=O) groups excluding carboxylic acids is 2. The van der Waals surface area contributed by atoms with Crippen LogP contribution in [0.25, 0.3) is 0 Å². The fourth-order valence-corrected chi connectivity index (χ4v) is 2.18. The van der Waals surface area contributed by atoms with Gasteiger partial charge in [0.15, 0.2) is 0 Å². The zero-order chi connectivity index (χ0) is 16.3. The second-order valence-electron chi connectivity index (χ2n) is 5.68. The largest absolute Gasteiger partial charge is 0.355 e. The molecule has 5 heteroatoms. The Morgan fingerprint density at radius 1 is 1.45 bits per heavy atom. The monoisotopic (exact) mass is 297 g/mol. The molecule has 1 heterocycles. The number of nitrogens with zero attached hydrogens (tertiary/aromatic N) is 1. The molecule has 2 N–H and O–H groups in total. The number of rotatable bonds is 4. The highest BCUT2D eigenvalue weighted by Crippen LogP contribution is 2.25. The van der Waals surface area contributed by atoms with Gasteiger partial charge in [0.25, 0.3) is 11.8 Å². The van der Waals surface area contributed by atoms with Gasteiger partial charge >= 0.3 is 0 Å². The molecule has 2 amide bonds. The fourth-order valence-electron chi connectivity index (χ4n) is 2.18. The van der Waals surface area contributed by atoms with E-state index in [0.717, 1.165) is 0 Å². The Kier molecular flexibility index (Phi) is 4.32. The zero-order valence-corrected chi connectivity index (χ0v) is 12.9. The summed E-state index contributed by atoms with van der Waals surface area (Å²) in [4.78, 5) is 28.5. The normalized spacial score (nSPS) is 20.3. The number of nitrogens with one attached hydrogen (secondary N) is 2. The summed E-state index contributed by atoms with van der Waals surface area (Å²) in [7, 11) is 0. The highest BCUT2D eigenvalue weighted by Gasteiger charge is 2.42. The molecule has 5 nitrogen and oxygen atoms in total. The van der Waals surface area contributed by atoms with E-state index in [1.54, 1.807) is 24.3 Å². The Balaban J connectivity index is 2.36. The summed E-state index contributed by atoms with van der Waals surface area (Å²) < 4.78 is 0. The topological polar surface area (TPSA) is 70.6 Å². The van der Waals surface area contributed by atoms with Crippen molar-refractivity contribution in [3.8, 4) is 12.3 Å². The van der Waals surface area contributed by atoms with Gasteiger partial charge in [0.2, 0.25) is 0 Å². The van der Waals surface area contributed by atoms with Crippen molar-refractivity contribution in [1.82, 2.24) is 10.6 Å². The number of carbonyl (C=O) groups is 2. The van der Waals surface area contributed by atoms with E-state index in [2.05, 4.69) is 21.5 Å². The fraction of sp³-hybridized carbons (Fsp3) is 0.353. The molecule has 114 valence electrons. The Bertz CT molecular complexity index is 685. The third-order valence-electron chi connectivity index (χ3n) is 3.97. The predicted octanol–water partition coefficient (Wildman–Crippen LogP) is 1.34. The van der Waals surface area contributed by atoms with Crippen LogP contribution in [0.5, 0.6) is 0 Å². The summed E-state index contributed by atoms with van der Waals surface area (Å²) in [5.41, 5.74) is 0.275. The molecule has 0 saturated heterocycles. The van der Waals surface area contributed by atoms with Crippen LogP contribution in [0.15, 0.2) is 29.3 Å². The van der Waals surface area contributed by atoms with Crippen LogP contribution in [-0.2, 0) is 4.79 Å². The quantitative estimate of drug-likeness (QED) is 0.824. The van der Waals surface area contributed by atoms with Gasteiger partial charge in [0.1, 0.15) is 11.4 Å². The number of benzene rings is 1. The third-order valence-corrected chi connectivity index (χ3v) is 3.97. The van der Waals surface area contributed by atoms with Gasteiger partial charge in [-0.2, -0.15) is 4.99 Å². The van der Waals surface area contributed by atoms with Crippen LogP contribution in [0.4, 0.5) is 0 Å². The number of terminal acetylenes is 1. The van der Waals surface area contributed by atoms with E-state index >= 15 is 0 Å². The molecule has 1 aromatic carbocycles. The van der Waals surface area contributed by atoms with Gasteiger partial charge in [-0.3, -0.25) is 9.59 Å². The molecule has 0 fully saturated rings. The Morgan fingerprint density at radius 2 is 2.14 bits per heavy atom. The lowest BCUT2D eigenvalue weighted by Crippen LogP contribution is -2.50. The predicted molar refractivity (Wildman–Crippen MR) is 85.5 cm³/mol. The molecule has 1 aromatic rings. The summed E-state index contributed by atoms with van der Waals surface area (Å²) in [5, 5.41) is 5.79. The molecule has 0 aliphatic carbocycles. The summed E-state index contributed by atoms with van der Waals surface area (Å²) in [6, 6.07) is 7.00. The van der Waals surface area contributed by atoms with Crippen molar-refractivity contribution in [3.63, 3.8) is 0 Å². The van der Waals surface area contributed by atoms with Crippen LogP contribution in [0.3, 0.4) is 0 Å². The van der Waals surface area contributed by atoms with Crippen molar-refractivity contribution in [2.24, 2.45) is 10.9 Å². The van der Waals surface area contributed by atoms with Crippen LogP contribution < -0.4 is 10.6 Å². The van der Waals surface area contributed by atoms with E-state index in [1.165, 1.54) is 0 Å². The molecule has 0 radical (unpaired) electrons. The molecule has 0 aromatic heterocycles. The zero-order valence-electron chi connectivity index (χ0n) is 12.9. The van der Waals surface area contributed by atoms with Gasteiger partial charge in [0, 0.05) is 5.56 Å². The second kappa shape index (κ2) is 6.02. The van der Waals surface area contributed by atoms with Crippen LogP contribution in [0.1, 0.15) is 36.7 Å². The van der Waals surface area contributed by atoms with Gasteiger partial charge in [-0.25, -0.2) is 0 Å². The van der Waals surface area contributed by atoms with Gasteiger partial charge in [-0.1, -0.05) is 38.0 Å². The lowest BCUT2D eigenvalue weighted by molar-refractivity contribution is -0.123. The minimum absolute atomic E-state index is 0.0729. The lowest BCUT2D eigenvalue weighted by atomic mass is 9.88. The van der Waals surface area contributed by atoms with Crippen LogP contribution in [0, 0.1) is 18.3 Å². The molecule has 1 aliphatic rings. The van der Waals surface area contributed by atoms with Crippen molar-refractivity contribution in [1.29, 1.82) is 0 Å². The number of amidine groups is 1. The van der Waals surface area contributed by atoms with Gasteiger partial charge in [0.05, 0.1) is 12.1 Å². The SMILES string of the molecule is C#CCNC(=O)c1ccccc1C1=NC(=O)C(C)(C(C)C)N1. The number of hydrogen-bond acceptors (Lipinski definition) is 3. The molecule has 1 aliphatic heterocycles. The van der Waals surface area contributed by atoms with E-state index in [1.807, 2.05) is 20.8 Å². The van der Waals surface area contributed by atoms with Crippen LogP contribution in [-0.4, -0.2) is 29.7 Å². The number of hydrogen-bond donors (Lipinski definition) is 2. The van der Waals surface area contributed by atoms with Crippen LogP contribution >= 0.6 is 0 Å². The Hall–Kier alpha value is -2.61. The van der Waals surface area contributed by atoms with Gasteiger partial charge in [-0.05, 0) is 18.9 Å². The maximum absolute atomic E-state index is 12.2. The van der Waals surface area contributed by atoms with Crippen LogP contribution in [0.2, 0.25) is 0 Å². The molecular weight excluding hydrogens is 278 g/mol. The first-order chi connectivity index (χ1) is 10.4. The highest BCUT2D eigenvalue weighted by molar-refractivity contribution is 6.17. The first kappa shape index (κ1) is 15.8. The average Bonchev–Trinajstić information content (AvgIpc) is 2.81. The Labute approximate surface area is 130 Å². The molecule has 0 saturated carbocycles. The van der Waals surface area contributed by atoms with E-state index in [-0.39, 0.29) is 24.3 Å². The van der Waals surface area contributed by atoms with Gasteiger partial charge < -0.3 is 10.6 Å². The maximum Gasteiger partial charge on any atom is 0.273 e. The maximum atomic E-state index is 12.2. The van der Waals surface area contributed by atoms with Crippen molar-refractivity contribution < 1.29 is 9.59 Å². The van der Waals surface area contributed by atoms with Crippen molar-refractivity contribution in [2.75, 3.05) is 6.54 Å². The molecule has 1 unspecified atom stereocenters. The summed E-state index contributed by atoms with van der Waals surface area (Å²) in [5.74, 6) is 2.34. The van der Waals surface area contributed by atoms with Crippen molar-refractivity contribution in [2.45, 2.75) is 26.3 Å². The molecule has 0 spiro atoms. The average molecular weight is 297 g/mol. The summed E-state index contributed by atoms with van der Waals surface area (Å²) in [6.45, 7) is 5.87. The second-order valence-corrected chi connectivity index (χ2v) is 5.68. The third kappa shape index (κ3) is 2.73. The van der Waals surface area contributed by atoms with E-state index in [4.69, 9.17) is 6.42 Å². The smallest absolute Gasteiger partial charge is 0.273 e. The summed E-state index contributed by atoms with van der Waals surface area (Å²) in [6.07, 6.45) is 5.16. The van der Waals surface area contributed by atoms with E-state index in [9.17, 15) is 9.59 Å². The molecule has 0 bridgehead atoms.